The van der Waals surface area contributed by atoms with E-state index in [0.29, 0.717) is 11.3 Å². The number of esters is 1. The predicted molar refractivity (Wildman–Crippen MR) is 61.0 cm³/mol. The fraction of sp³-hybridized carbons (Fsp3) is 0.300. The van der Waals surface area contributed by atoms with Gasteiger partial charge in [-0.3, -0.25) is 4.72 Å². The van der Waals surface area contributed by atoms with E-state index in [0.717, 1.165) is 11.8 Å². The number of rotatable bonds is 3. The number of carbonyl (C=O) groups is 1. The zero-order valence-corrected chi connectivity index (χ0v) is 10.1. The Kier molecular flexibility index (Phi) is 3.54. The highest BCUT2D eigenvalue weighted by atomic mass is 32.2. The number of aryl methyl sites for hydroxylation is 1. The van der Waals surface area contributed by atoms with Gasteiger partial charge in [0.25, 0.3) is 0 Å². The van der Waals surface area contributed by atoms with Crippen LogP contribution in [0.3, 0.4) is 0 Å². The van der Waals surface area contributed by atoms with E-state index in [1.807, 2.05) is 0 Å². The van der Waals surface area contributed by atoms with Crippen LogP contribution in [0.1, 0.15) is 15.9 Å². The molecular weight excluding hydrogens is 230 g/mol. The van der Waals surface area contributed by atoms with Gasteiger partial charge in [0.15, 0.2) is 0 Å². The van der Waals surface area contributed by atoms with Crippen LogP contribution in [0.2, 0.25) is 0 Å². The number of benzene rings is 1. The summed E-state index contributed by atoms with van der Waals surface area (Å²) in [5.74, 6) is -0.503. The normalized spacial score (nSPS) is 10.9. The van der Waals surface area contributed by atoms with Crippen LogP contribution in [0.15, 0.2) is 18.2 Å². The van der Waals surface area contributed by atoms with Gasteiger partial charge in [0.05, 0.1) is 24.6 Å². The second-order valence-corrected chi connectivity index (χ2v) is 5.14. The molecule has 0 aliphatic rings. The third kappa shape index (κ3) is 3.23. The number of carbonyl (C=O) groups excluding carboxylic acids is 1. The van der Waals surface area contributed by atoms with Crippen LogP contribution in [0.4, 0.5) is 5.69 Å². The summed E-state index contributed by atoms with van der Waals surface area (Å²) >= 11 is 0. The molecule has 0 radical (unpaired) electrons. The van der Waals surface area contributed by atoms with Gasteiger partial charge in [-0.25, -0.2) is 13.2 Å². The number of sulfonamides is 1. The first-order valence-electron chi connectivity index (χ1n) is 4.50. The standard InChI is InChI=1S/C10H13NO4S/c1-7-4-5-8(10(12)15-2)6-9(7)11-16(3,13)14/h4-6,11H,1-3H3. The van der Waals surface area contributed by atoms with E-state index in [2.05, 4.69) is 9.46 Å². The van der Waals surface area contributed by atoms with Gasteiger partial charge in [-0.15, -0.1) is 0 Å². The van der Waals surface area contributed by atoms with Crippen LogP contribution in [0, 0.1) is 6.92 Å². The number of ether oxygens (including phenoxy) is 1. The molecule has 6 heteroatoms. The van der Waals surface area contributed by atoms with Crippen LogP contribution in [-0.2, 0) is 14.8 Å². The van der Waals surface area contributed by atoms with E-state index in [1.165, 1.54) is 13.2 Å². The fourth-order valence-corrected chi connectivity index (χ4v) is 1.80. The first-order valence-corrected chi connectivity index (χ1v) is 6.39. The van der Waals surface area contributed by atoms with E-state index in [-0.39, 0.29) is 0 Å². The Labute approximate surface area is 94.5 Å². The second-order valence-electron chi connectivity index (χ2n) is 3.40. The number of methoxy groups -OCH3 is 1. The lowest BCUT2D eigenvalue weighted by molar-refractivity contribution is 0.0601. The van der Waals surface area contributed by atoms with Crippen LogP contribution < -0.4 is 4.72 Å². The number of hydrogen-bond donors (Lipinski definition) is 1. The molecule has 0 saturated carbocycles. The molecule has 0 saturated heterocycles. The van der Waals surface area contributed by atoms with Crippen molar-refractivity contribution in [3.05, 3.63) is 29.3 Å². The predicted octanol–water partition coefficient (Wildman–Crippen LogP) is 1.15. The van der Waals surface area contributed by atoms with Gasteiger partial charge >= 0.3 is 5.97 Å². The zero-order chi connectivity index (χ0) is 12.3. The Morgan fingerprint density at radius 3 is 2.50 bits per heavy atom. The van der Waals surface area contributed by atoms with Crippen molar-refractivity contribution in [2.75, 3.05) is 18.1 Å². The van der Waals surface area contributed by atoms with Crippen LogP contribution in [0.25, 0.3) is 0 Å². The molecule has 0 bridgehead atoms. The second kappa shape index (κ2) is 4.52. The van der Waals surface area contributed by atoms with Crippen molar-refractivity contribution in [2.24, 2.45) is 0 Å². The first kappa shape index (κ1) is 12.5. The summed E-state index contributed by atoms with van der Waals surface area (Å²) in [6.07, 6.45) is 1.05. The lowest BCUT2D eigenvalue weighted by atomic mass is 10.1. The van der Waals surface area contributed by atoms with E-state index < -0.39 is 16.0 Å². The van der Waals surface area contributed by atoms with Crippen molar-refractivity contribution < 1.29 is 17.9 Å². The van der Waals surface area contributed by atoms with Gasteiger partial charge in [-0.05, 0) is 24.6 Å². The fourth-order valence-electron chi connectivity index (χ4n) is 1.18. The maximum absolute atomic E-state index is 11.2. The SMILES string of the molecule is COC(=O)c1ccc(C)c(NS(C)(=O)=O)c1. The summed E-state index contributed by atoms with van der Waals surface area (Å²) in [6, 6.07) is 4.68. The minimum Gasteiger partial charge on any atom is -0.465 e. The van der Waals surface area contributed by atoms with Gasteiger partial charge < -0.3 is 4.74 Å². The first-order chi connectivity index (χ1) is 7.33. The summed E-state index contributed by atoms with van der Waals surface area (Å²) in [7, 11) is -2.08. The quantitative estimate of drug-likeness (QED) is 0.808. The largest absolute Gasteiger partial charge is 0.465 e. The molecular formula is C10H13NO4S. The summed E-state index contributed by atoms with van der Waals surface area (Å²) in [5.41, 5.74) is 1.42. The molecule has 88 valence electrons. The lowest BCUT2D eigenvalue weighted by Crippen LogP contribution is -2.11. The Bertz CT molecular complexity index is 508. The molecule has 5 nitrogen and oxygen atoms in total. The topological polar surface area (TPSA) is 72.5 Å². The molecule has 0 aliphatic carbocycles. The Morgan fingerprint density at radius 2 is 2.00 bits per heavy atom. The van der Waals surface area contributed by atoms with E-state index in [1.54, 1.807) is 19.1 Å². The number of hydrogen-bond acceptors (Lipinski definition) is 4. The summed E-state index contributed by atoms with van der Waals surface area (Å²) in [6.45, 7) is 1.74. The summed E-state index contributed by atoms with van der Waals surface area (Å²) in [5, 5.41) is 0. The monoisotopic (exact) mass is 243 g/mol. The van der Waals surface area contributed by atoms with Gasteiger partial charge in [-0.2, -0.15) is 0 Å². The average Bonchev–Trinajstić information content (AvgIpc) is 2.18. The molecule has 0 aliphatic heterocycles. The third-order valence-electron chi connectivity index (χ3n) is 1.95. The molecule has 1 N–H and O–H groups in total. The third-order valence-corrected chi connectivity index (χ3v) is 2.54. The molecule has 0 aromatic heterocycles. The maximum atomic E-state index is 11.2. The van der Waals surface area contributed by atoms with E-state index in [4.69, 9.17) is 0 Å². The molecule has 0 fully saturated rings. The molecule has 0 atom stereocenters. The van der Waals surface area contributed by atoms with Crippen molar-refractivity contribution in [3.63, 3.8) is 0 Å². The molecule has 1 aromatic rings. The van der Waals surface area contributed by atoms with Gasteiger partial charge in [-0.1, -0.05) is 6.07 Å². The van der Waals surface area contributed by atoms with Gasteiger partial charge in [0.1, 0.15) is 0 Å². The lowest BCUT2D eigenvalue weighted by Gasteiger charge is -2.08. The Balaban J connectivity index is 3.14. The van der Waals surface area contributed by atoms with Crippen molar-refractivity contribution in [1.82, 2.24) is 0 Å². The molecule has 0 heterocycles. The average molecular weight is 243 g/mol. The van der Waals surface area contributed by atoms with Crippen molar-refractivity contribution >= 4 is 21.7 Å². The van der Waals surface area contributed by atoms with E-state index >= 15 is 0 Å². The van der Waals surface area contributed by atoms with Gasteiger partial charge in [0, 0.05) is 0 Å². The minimum absolute atomic E-state index is 0.305. The maximum Gasteiger partial charge on any atom is 0.337 e. The molecule has 1 rings (SSSR count). The van der Waals surface area contributed by atoms with Crippen LogP contribution in [-0.4, -0.2) is 27.8 Å². The van der Waals surface area contributed by atoms with Crippen molar-refractivity contribution in [2.45, 2.75) is 6.92 Å². The van der Waals surface area contributed by atoms with Crippen LogP contribution >= 0.6 is 0 Å². The smallest absolute Gasteiger partial charge is 0.337 e. The molecule has 0 unspecified atom stereocenters. The van der Waals surface area contributed by atoms with E-state index in [9.17, 15) is 13.2 Å². The molecule has 0 spiro atoms. The zero-order valence-electron chi connectivity index (χ0n) is 9.27. The highest BCUT2D eigenvalue weighted by Crippen LogP contribution is 2.18. The van der Waals surface area contributed by atoms with Crippen LogP contribution in [0.5, 0.6) is 0 Å². The molecule has 1 aromatic carbocycles. The highest BCUT2D eigenvalue weighted by molar-refractivity contribution is 7.92. The highest BCUT2D eigenvalue weighted by Gasteiger charge is 2.10. The van der Waals surface area contributed by atoms with Gasteiger partial charge in [0.2, 0.25) is 10.0 Å². The Morgan fingerprint density at radius 1 is 1.38 bits per heavy atom. The summed E-state index contributed by atoms with van der Waals surface area (Å²) in [4.78, 5) is 11.2. The molecule has 16 heavy (non-hydrogen) atoms. The number of anilines is 1. The Hall–Kier alpha value is -1.56. The molecule has 0 amide bonds. The number of nitrogens with one attached hydrogen (secondary N) is 1. The summed E-state index contributed by atoms with van der Waals surface area (Å²) < 4.78 is 29.0. The van der Waals surface area contributed by atoms with Crippen molar-refractivity contribution in [3.8, 4) is 0 Å². The van der Waals surface area contributed by atoms with Crippen molar-refractivity contribution in [1.29, 1.82) is 0 Å². The minimum atomic E-state index is -3.35.